The zero-order chi connectivity index (χ0) is 20.7. The van der Waals surface area contributed by atoms with Crippen LogP contribution in [0.5, 0.6) is 0 Å². The summed E-state index contributed by atoms with van der Waals surface area (Å²) in [5, 5.41) is 3.83. The van der Waals surface area contributed by atoms with Crippen LogP contribution in [0.3, 0.4) is 0 Å². The molecule has 5 rings (SSSR count). The minimum absolute atomic E-state index is 0.144. The number of anilines is 1. The van der Waals surface area contributed by atoms with Crippen LogP contribution in [0.4, 0.5) is 5.82 Å². The van der Waals surface area contributed by atoms with Gasteiger partial charge in [0.25, 0.3) is 11.8 Å². The summed E-state index contributed by atoms with van der Waals surface area (Å²) in [6.45, 7) is 0.218. The molecule has 30 heavy (non-hydrogen) atoms. The van der Waals surface area contributed by atoms with Gasteiger partial charge in [-0.2, -0.15) is 0 Å². The summed E-state index contributed by atoms with van der Waals surface area (Å²) in [6, 6.07) is 15.4. The molecule has 0 bridgehead atoms. The number of hydrogen-bond acceptors (Lipinski definition) is 5. The van der Waals surface area contributed by atoms with E-state index in [1.165, 1.54) is 22.4 Å². The van der Waals surface area contributed by atoms with E-state index in [1.807, 2.05) is 6.07 Å². The molecule has 1 aromatic heterocycles. The maximum absolute atomic E-state index is 12.6. The second kappa shape index (κ2) is 7.54. The van der Waals surface area contributed by atoms with Gasteiger partial charge in [0.15, 0.2) is 0 Å². The van der Waals surface area contributed by atoms with Gasteiger partial charge in [-0.05, 0) is 42.5 Å². The molecule has 2 aliphatic rings. The van der Waals surface area contributed by atoms with E-state index in [0.29, 0.717) is 34.1 Å². The van der Waals surface area contributed by atoms with Crippen LogP contribution in [0, 0.1) is 0 Å². The number of nitrogens with one attached hydrogen (secondary N) is 1. The first kappa shape index (κ1) is 18.8. The summed E-state index contributed by atoms with van der Waals surface area (Å²) in [6.07, 6.45) is 3.79. The highest BCUT2D eigenvalue weighted by Gasteiger charge is 2.35. The third-order valence-corrected chi connectivity index (χ3v) is 6.13. The van der Waals surface area contributed by atoms with Gasteiger partial charge in [-0.1, -0.05) is 48.0 Å². The summed E-state index contributed by atoms with van der Waals surface area (Å²) in [5.41, 5.74) is 4.19. The van der Waals surface area contributed by atoms with Crippen molar-refractivity contribution in [2.75, 3.05) is 11.9 Å². The maximum Gasteiger partial charge on any atom is 0.261 e. The number of halogens is 1. The van der Waals surface area contributed by atoms with Crippen LogP contribution in [0.2, 0.25) is 5.15 Å². The highest BCUT2D eigenvalue weighted by atomic mass is 35.5. The zero-order valence-electron chi connectivity index (χ0n) is 16.1. The standard InChI is InChI=1S/C23H19ClN4O2/c24-20-18(11-12-28-22(29)16-7-3-4-8-17(16)23(28)30)21(26-13-25-20)27-19-10-9-14-5-1-2-6-15(14)19/h1-8,13,19H,9-12H2,(H,25,26,27)/t19-/m0/s1. The normalized spacial score (nSPS) is 17.2. The van der Waals surface area contributed by atoms with Crippen LogP contribution >= 0.6 is 11.6 Å². The molecule has 2 amide bonds. The fourth-order valence-corrected chi connectivity index (χ4v) is 4.50. The molecule has 0 saturated heterocycles. The van der Waals surface area contributed by atoms with Crippen LogP contribution in [0.25, 0.3) is 0 Å². The van der Waals surface area contributed by atoms with Crippen LogP contribution in [0.15, 0.2) is 54.9 Å². The Morgan fingerprint density at radius 2 is 1.70 bits per heavy atom. The van der Waals surface area contributed by atoms with Crippen LogP contribution in [-0.4, -0.2) is 33.2 Å². The van der Waals surface area contributed by atoms with E-state index in [-0.39, 0.29) is 24.4 Å². The van der Waals surface area contributed by atoms with Crippen molar-refractivity contribution in [3.63, 3.8) is 0 Å². The topological polar surface area (TPSA) is 75.2 Å². The lowest BCUT2D eigenvalue weighted by atomic mass is 10.1. The largest absolute Gasteiger partial charge is 0.363 e. The average Bonchev–Trinajstić information content (AvgIpc) is 3.28. The van der Waals surface area contributed by atoms with Gasteiger partial charge in [0.1, 0.15) is 17.3 Å². The molecule has 1 N–H and O–H groups in total. The summed E-state index contributed by atoms with van der Waals surface area (Å²) >= 11 is 6.38. The molecule has 0 unspecified atom stereocenters. The molecular weight excluding hydrogens is 400 g/mol. The second-order valence-corrected chi connectivity index (χ2v) is 7.84. The quantitative estimate of drug-likeness (QED) is 0.499. The van der Waals surface area contributed by atoms with Crippen LogP contribution in [-0.2, 0) is 12.8 Å². The number of hydrogen-bond donors (Lipinski definition) is 1. The molecule has 1 aliphatic heterocycles. The van der Waals surface area contributed by atoms with E-state index in [2.05, 4.69) is 33.5 Å². The molecule has 3 aromatic rings. The minimum Gasteiger partial charge on any atom is -0.363 e. The lowest BCUT2D eigenvalue weighted by molar-refractivity contribution is 0.0656. The number of nitrogens with zero attached hydrogens (tertiary/aromatic N) is 3. The number of aromatic nitrogens is 2. The van der Waals surface area contributed by atoms with Crippen molar-refractivity contribution in [2.45, 2.75) is 25.3 Å². The summed E-state index contributed by atoms with van der Waals surface area (Å²) in [7, 11) is 0. The van der Waals surface area contributed by atoms with Crippen molar-refractivity contribution in [3.05, 3.63) is 87.8 Å². The third-order valence-electron chi connectivity index (χ3n) is 5.80. The van der Waals surface area contributed by atoms with Crippen LogP contribution in [0.1, 0.15) is 49.9 Å². The average molecular weight is 419 g/mol. The van der Waals surface area contributed by atoms with Crippen molar-refractivity contribution in [3.8, 4) is 0 Å². The van der Waals surface area contributed by atoms with Gasteiger partial charge in [0, 0.05) is 12.1 Å². The summed E-state index contributed by atoms with van der Waals surface area (Å²) < 4.78 is 0. The van der Waals surface area contributed by atoms with Gasteiger partial charge < -0.3 is 5.32 Å². The molecular formula is C23H19ClN4O2. The van der Waals surface area contributed by atoms with E-state index < -0.39 is 0 Å². The summed E-state index contributed by atoms with van der Waals surface area (Å²) in [5.74, 6) is 0.0962. The van der Waals surface area contributed by atoms with Crippen molar-refractivity contribution >= 4 is 29.2 Å². The lowest BCUT2D eigenvalue weighted by Gasteiger charge is -2.19. The molecule has 0 spiro atoms. The minimum atomic E-state index is -0.275. The predicted octanol–water partition coefficient (Wildman–Crippen LogP) is 4.07. The molecule has 150 valence electrons. The first-order valence-electron chi connectivity index (χ1n) is 9.92. The van der Waals surface area contributed by atoms with Gasteiger partial charge in [0.05, 0.1) is 17.2 Å². The highest BCUT2D eigenvalue weighted by Crippen LogP contribution is 2.35. The van der Waals surface area contributed by atoms with Crippen LogP contribution < -0.4 is 5.32 Å². The molecule has 0 radical (unpaired) electrons. The predicted molar refractivity (Wildman–Crippen MR) is 114 cm³/mol. The molecule has 1 aliphatic carbocycles. The Morgan fingerprint density at radius 1 is 1.00 bits per heavy atom. The number of imide groups is 1. The van der Waals surface area contributed by atoms with Gasteiger partial charge >= 0.3 is 0 Å². The smallest absolute Gasteiger partial charge is 0.261 e. The zero-order valence-corrected chi connectivity index (χ0v) is 16.9. The number of carbonyl (C=O) groups excluding carboxylic acids is 2. The Morgan fingerprint density at radius 3 is 2.47 bits per heavy atom. The van der Waals surface area contributed by atoms with Gasteiger partial charge in [-0.25, -0.2) is 9.97 Å². The molecule has 0 fully saturated rings. The Bertz CT molecular complexity index is 1130. The van der Waals surface area contributed by atoms with Crippen molar-refractivity contribution in [2.24, 2.45) is 0 Å². The number of carbonyl (C=O) groups is 2. The molecule has 7 heteroatoms. The third kappa shape index (κ3) is 3.13. The van der Waals surface area contributed by atoms with Crippen molar-refractivity contribution in [1.82, 2.24) is 14.9 Å². The molecule has 6 nitrogen and oxygen atoms in total. The van der Waals surface area contributed by atoms with Crippen molar-refractivity contribution in [1.29, 1.82) is 0 Å². The fourth-order valence-electron chi connectivity index (χ4n) is 4.27. The maximum atomic E-state index is 12.6. The lowest BCUT2D eigenvalue weighted by Crippen LogP contribution is -2.32. The SMILES string of the molecule is O=C1c2ccccc2C(=O)N1CCc1c(Cl)ncnc1N[C@H]1CCc2ccccc21. The number of amides is 2. The number of fused-ring (bicyclic) bond motifs is 2. The summed E-state index contributed by atoms with van der Waals surface area (Å²) in [4.78, 5) is 35.1. The molecule has 2 heterocycles. The highest BCUT2D eigenvalue weighted by molar-refractivity contribution is 6.30. The fraction of sp³-hybridized carbons (Fsp3) is 0.217. The first-order chi connectivity index (χ1) is 14.6. The molecule has 1 atom stereocenters. The van der Waals surface area contributed by atoms with Gasteiger partial charge in [-0.15, -0.1) is 0 Å². The van der Waals surface area contributed by atoms with E-state index in [1.54, 1.807) is 24.3 Å². The van der Waals surface area contributed by atoms with E-state index in [9.17, 15) is 9.59 Å². The Balaban J connectivity index is 1.36. The number of aryl methyl sites for hydroxylation is 1. The Labute approximate surface area is 178 Å². The van der Waals surface area contributed by atoms with Crippen molar-refractivity contribution < 1.29 is 9.59 Å². The molecule has 2 aromatic carbocycles. The van der Waals surface area contributed by atoms with E-state index >= 15 is 0 Å². The first-order valence-corrected chi connectivity index (χ1v) is 10.3. The Hall–Kier alpha value is -3.25. The number of benzene rings is 2. The monoisotopic (exact) mass is 418 g/mol. The Kier molecular flexibility index (Phi) is 4.71. The second-order valence-electron chi connectivity index (χ2n) is 7.48. The number of rotatable bonds is 5. The molecule has 0 saturated carbocycles. The van der Waals surface area contributed by atoms with E-state index in [0.717, 1.165) is 12.8 Å². The van der Waals surface area contributed by atoms with Gasteiger partial charge in [0.2, 0.25) is 0 Å². The van der Waals surface area contributed by atoms with Gasteiger partial charge in [-0.3, -0.25) is 14.5 Å². The van der Waals surface area contributed by atoms with E-state index in [4.69, 9.17) is 11.6 Å².